The van der Waals surface area contributed by atoms with Crippen molar-refractivity contribution >= 4 is 17.9 Å². The number of morpholine rings is 1. The van der Waals surface area contributed by atoms with Crippen molar-refractivity contribution in [2.45, 2.75) is 0 Å². The number of aliphatic carboxylic acids is 1. The Morgan fingerprint density at radius 3 is 2.53 bits per heavy atom. The summed E-state index contributed by atoms with van der Waals surface area (Å²) in [5.41, 5.74) is 0. The van der Waals surface area contributed by atoms with Gasteiger partial charge in [0.05, 0.1) is 13.2 Å². The third-order valence-corrected chi connectivity index (χ3v) is 2.43. The Kier molecular flexibility index (Phi) is 6.55. The Morgan fingerprint density at radius 2 is 1.89 bits per heavy atom. The average molecular weight is 271 g/mol. The zero-order valence-corrected chi connectivity index (χ0v) is 10.4. The monoisotopic (exact) mass is 271 g/mol. The number of ether oxygens (including phenoxy) is 1. The fourth-order valence-electron chi connectivity index (χ4n) is 1.50. The van der Waals surface area contributed by atoms with Crippen molar-refractivity contribution < 1.29 is 24.2 Å². The number of hydrogen-bond donors (Lipinski definition) is 3. The van der Waals surface area contributed by atoms with E-state index in [1.807, 2.05) is 5.32 Å². The number of carbonyl (C=O) groups excluding carboxylic acids is 2. The second-order valence-electron chi connectivity index (χ2n) is 3.87. The smallest absolute Gasteiger partial charge is 0.328 e. The maximum absolute atomic E-state index is 11.3. The summed E-state index contributed by atoms with van der Waals surface area (Å²) in [5, 5.41) is 12.8. The Bertz CT molecular complexity index is 363. The van der Waals surface area contributed by atoms with E-state index in [0.717, 1.165) is 19.2 Å². The van der Waals surface area contributed by atoms with E-state index in [4.69, 9.17) is 9.84 Å². The minimum atomic E-state index is -1.25. The number of imide groups is 1. The molecule has 0 radical (unpaired) electrons. The van der Waals surface area contributed by atoms with Gasteiger partial charge in [-0.3, -0.25) is 15.0 Å². The fraction of sp³-hybridized carbons (Fsp3) is 0.545. The van der Waals surface area contributed by atoms with Gasteiger partial charge in [0.2, 0.25) is 0 Å². The number of hydrogen-bond acceptors (Lipinski definition) is 5. The lowest BCUT2D eigenvalue weighted by atomic mass is 10.4. The number of nitrogens with zero attached hydrogens (tertiary/aromatic N) is 1. The molecule has 1 aliphatic heterocycles. The van der Waals surface area contributed by atoms with E-state index in [1.165, 1.54) is 0 Å². The van der Waals surface area contributed by atoms with Gasteiger partial charge in [-0.2, -0.15) is 0 Å². The average Bonchev–Trinajstić information content (AvgIpc) is 2.37. The van der Waals surface area contributed by atoms with Crippen LogP contribution in [-0.4, -0.2) is 67.3 Å². The molecular formula is C11H17N3O5. The highest BCUT2D eigenvalue weighted by atomic mass is 16.5. The number of carbonyl (C=O) groups is 3. The van der Waals surface area contributed by atoms with Crippen molar-refractivity contribution in [1.29, 1.82) is 0 Å². The first-order chi connectivity index (χ1) is 9.08. The minimum absolute atomic E-state index is 0.405. The van der Waals surface area contributed by atoms with Crippen LogP contribution in [0.4, 0.5) is 4.79 Å². The van der Waals surface area contributed by atoms with Crippen molar-refractivity contribution in [3.8, 4) is 0 Å². The third kappa shape index (κ3) is 7.17. The highest BCUT2D eigenvalue weighted by molar-refractivity contribution is 6.02. The van der Waals surface area contributed by atoms with Gasteiger partial charge in [0, 0.05) is 38.3 Å². The Morgan fingerprint density at radius 1 is 1.21 bits per heavy atom. The van der Waals surface area contributed by atoms with Crippen LogP contribution < -0.4 is 10.6 Å². The summed E-state index contributed by atoms with van der Waals surface area (Å²) in [6.45, 7) is 4.10. The number of carboxylic acid groups (broad SMARTS) is 1. The first-order valence-corrected chi connectivity index (χ1v) is 5.88. The molecule has 0 saturated carbocycles. The fourth-order valence-corrected chi connectivity index (χ4v) is 1.50. The second kappa shape index (κ2) is 8.22. The Hall–Kier alpha value is -1.93. The zero-order valence-electron chi connectivity index (χ0n) is 10.4. The lowest BCUT2D eigenvalue weighted by molar-refractivity contribution is -0.131. The molecule has 0 aromatic heterocycles. The molecule has 106 valence electrons. The van der Waals surface area contributed by atoms with Crippen LogP contribution >= 0.6 is 0 Å². The van der Waals surface area contributed by atoms with Crippen LogP contribution in [0, 0.1) is 0 Å². The maximum atomic E-state index is 11.3. The van der Waals surface area contributed by atoms with Crippen LogP contribution in [-0.2, 0) is 14.3 Å². The largest absolute Gasteiger partial charge is 0.478 e. The number of nitrogens with one attached hydrogen (secondary N) is 2. The first kappa shape index (κ1) is 15.1. The van der Waals surface area contributed by atoms with Crippen molar-refractivity contribution in [2.24, 2.45) is 0 Å². The molecule has 0 unspecified atom stereocenters. The number of rotatable bonds is 5. The van der Waals surface area contributed by atoms with Gasteiger partial charge in [-0.05, 0) is 0 Å². The van der Waals surface area contributed by atoms with E-state index in [2.05, 4.69) is 10.2 Å². The molecule has 8 heteroatoms. The molecule has 3 amide bonds. The SMILES string of the molecule is O=C(O)/C=C/C(=O)NC(=O)NCCN1CCOCC1. The molecule has 0 spiro atoms. The molecule has 1 aliphatic rings. The van der Waals surface area contributed by atoms with Gasteiger partial charge in [0.15, 0.2) is 0 Å². The molecule has 8 nitrogen and oxygen atoms in total. The molecule has 0 aromatic rings. The van der Waals surface area contributed by atoms with E-state index < -0.39 is 17.9 Å². The molecule has 3 N–H and O–H groups in total. The van der Waals surface area contributed by atoms with Gasteiger partial charge in [-0.15, -0.1) is 0 Å². The van der Waals surface area contributed by atoms with E-state index in [0.29, 0.717) is 32.4 Å². The quantitative estimate of drug-likeness (QED) is 0.541. The summed E-state index contributed by atoms with van der Waals surface area (Å²) >= 11 is 0. The molecule has 0 bridgehead atoms. The molecule has 0 atom stereocenters. The topological polar surface area (TPSA) is 108 Å². The normalized spacial score (nSPS) is 16.2. The molecule has 1 rings (SSSR count). The highest BCUT2D eigenvalue weighted by Gasteiger charge is 2.10. The zero-order chi connectivity index (χ0) is 14.1. The van der Waals surface area contributed by atoms with Crippen LogP contribution in [0.25, 0.3) is 0 Å². The Labute approximate surface area is 110 Å². The predicted octanol–water partition coefficient (Wildman–Crippen LogP) is -1.21. The molecule has 19 heavy (non-hydrogen) atoms. The number of urea groups is 1. The van der Waals surface area contributed by atoms with Crippen LogP contribution in [0.2, 0.25) is 0 Å². The van der Waals surface area contributed by atoms with E-state index >= 15 is 0 Å². The number of amides is 3. The van der Waals surface area contributed by atoms with Crippen LogP contribution in [0.1, 0.15) is 0 Å². The van der Waals surface area contributed by atoms with Crippen molar-refractivity contribution in [3.05, 3.63) is 12.2 Å². The Balaban J connectivity index is 2.13. The predicted molar refractivity (Wildman–Crippen MR) is 65.6 cm³/mol. The second-order valence-corrected chi connectivity index (χ2v) is 3.87. The molecule has 0 aromatic carbocycles. The molecule has 0 aliphatic carbocycles. The molecule has 1 fully saturated rings. The van der Waals surface area contributed by atoms with Gasteiger partial charge in [-0.1, -0.05) is 0 Å². The van der Waals surface area contributed by atoms with Crippen LogP contribution in [0.15, 0.2) is 12.2 Å². The lowest BCUT2D eigenvalue weighted by Gasteiger charge is -2.26. The van der Waals surface area contributed by atoms with Crippen LogP contribution in [0.5, 0.6) is 0 Å². The summed E-state index contributed by atoms with van der Waals surface area (Å²) < 4.78 is 5.18. The standard InChI is InChI=1S/C11H17N3O5/c15-9(1-2-10(16)17)13-11(18)12-3-4-14-5-7-19-8-6-14/h1-2H,3-8H2,(H,16,17)(H2,12,13,15,18)/b2-1+. The van der Waals surface area contributed by atoms with E-state index in [9.17, 15) is 14.4 Å². The van der Waals surface area contributed by atoms with E-state index in [-0.39, 0.29) is 0 Å². The van der Waals surface area contributed by atoms with Crippen LogP contribution in [0.3, 0.4) is 0 Å². The summed E-state index contributed by atoms with van der Waals surface area (Å²) in [4.78, 5) is 34.6. The minimum Gasteiger partial charge on any atom is -0.478 e. The summed E-state index contributed by atoms with van der Waals surface area (Å²) in [6, 6.07) is -0.645. The summed E-state index contributed by atoms with van der Waals surface area (Å²) in [6.07, 6.45) is 1.44. The molecule has 1 heterocycles. The molecule has 1 saturated heterocycles. The van der Waals surface area contributed by atoms with Gasteiger partial charge < -0.3 is 15.2 Å². The number of carboxylic acids is 1. The van der Waals surface area contributed by atoms with Crippen molar-refractivity contribution in [1.82, 2.24) is 15.5 Å². The maximum Gasteiger partial charge on any atom is 0.328 e. The van der Waals surface area contributed by atoms with Crippen molar-refractivity contribution in [3.63, 3.8) is 0 Å². The summed E-state index contributed by atoms with van der Waals surface area (Å²) in [5.74, 6) is -2.02. The van der Waals surface area contributed by atoms with Gasteiger partial charge >= 0.3 is 12.0 Å². The molecular weight excluding hydrogens is 254 g/mol. The highest BCUT2D eigenvalue weighted by Crippen LogP contribution is 1.94. The van der Waals surface area contributed by atoms with E-state index in [1.54, 1.807) is 0 Å². The first-order valence-electron chi connectivity index (χ1n) is 5.88. The van der Waals surface area contributed by atoms with Gasteiger partial charge in [-0.25, -0.2) is 9.59 Å². The summed E-state index contributed by atoms with van der Waals surface area (Å²) in [7, 11) is 0. The third-order valence-electron chi connectivity index (χ3n) is 2.43. The van der Waals surface area contributed by atoms with Crippen molar-refractivity contribution in [2.75, 3.05) is 39.4 Å². The van der Waals surface area contributed by atoms with Gasteiger partial charge in [0.25, 0.3) is 5.91 Å². The van der Waals surface area contributed by atoms with Gasteiger partial charge in [0.1, 0.15) is 0 Å². The lowest BCUT2D eigenvalue weighted by Crippen LogP contribution is -2.44.